The van der Waals surface area contributed by atoms with Crippen molar-refractivity contribution in [1.29, 1.82) is 0 Å². The molecule has 1 aromatic heterocycles. The lowest BCUT2D eigenvalue weighted by Gasteiger charge is -2.51. The molecule has 0 N–H and O–H groups in total. The van der Waals surface area contributed by atoms with Crippen LogP contribution >= 0.6 is 21.2 Å². The van der Waals surface area contributed by atoms with Gasteiger partial charge in [0.2, 0.25) is 0 Å². The van der Waals surface area contributed by atoms with E-state index in [0.717, 1.165) is 50.2 Å². The third-order valence-electron chi connectivity index (χ3n) is 4.50. The van der Waals surface area contributed by atoms with Crippen molar-refractivity contribution in [3.05, 3.63) is 40.8 Å². The molecular formula is C20H29F3N2O2S2. The maximum atomic E-state index is 14.2. The lowest BCUT2D eigenvalue weighted by molar-refractivity contribution is 0.192. The van der Waals surface area contributed by atoms with Gasteiger partial charge in [0, 0.05) is 50.1 Å². The average Bonchev–Trinajstić information content (AvgIpc) is 2.63. The summed E-state index contributed by atoms with van der Waals surface area (Å²) >= 11 is 1.51. The second-order valence-electron chi connectivity index (χ2n) is 7.75. The van der Waals surface area contributed by atoms with Crippen LogP contribution in [0.15, 0.2) is 45.3 Å². The number of hydrogen-bond acceptors (Lipinski definition) is 4. The van der Waals surface area contributed by atoms with Gasteiger partial charge < -0.3 is 4.74 Å². The van der Waals surface area contributed by atoms with E-state index in [0.29, 0.717) is 28.8 Å². The lowest BCUT2D eigenvalue weighted by Crippen LogP contribution is -2.21. The van der Waals surface area contributed by atoms with E-state index in [1.807, 2.05) is 0 Å². The van der Waals surface area contributed by atoms with Crippen LogP contribution in [0.2, 0.25) is 0 Å². The summed E-state index contributed by atoms with van der Waals surface area (Å²) in [5, 5.41) is 0.605. The zero-order chi connectivity index (χ0) is 21.8. The van der Waals surface area contributed by atoms with E-state index in [2.05, 4.69) is 4.98 Å². The van der Waals surface area contributed by atoms with Crippen molar-refractivity contribution in [1.82, 2.24) is 9.55 Å². The van der Waals surface area contributed by atoms with E-state index in [1.54, 1.807) is 14.2 Å². The SMILES string of the molecule is COCCCCCCSc1ncc(-c2ccc(S(C)(C)(F)(F)F)cc2)c(=O)n1C. The summed E-state index contributed by atoms with van der Waals surface area (Å²) in [5.41, 5.74) is 0.452. The summed E-state index contributed by atoms with van der Waals surface area (Å²) in [4.78, 5) is 16.4. The Morgan fingerprint density at radius 2 is 1.69 bits per heavy atom. The number of benzene rings is 1. The minimum atomic E-state index is -6.74. The Morgan fingerprint density at radius 3 is 2.28 bits per heavy atom. The predicted octanol–water partition coefficient (Wildman–Crippen LogP) is 5.89. The molecule has 1 heterocycles. The van der Waals surface area contributed by atoms with Gasteiger partial charge in [-0.1, -0.05) is 36.7 Å². The first-order valence-electron chi connectivity index (χ1n) is 9.36. The van der Waals surface area contributed by atoms with Crippen molar-refractivity contribution < 1.29 is 16.4 Å². The number of aromatic nitrogens is 2. The number of nitrogens with zero attached hydrogens (tertiary/aromatic N) is 2. The molecule has 9 heteroatoms. The van der Waals surface area contributed by atoms with Gasteiger partial charge in [-0.3, -0.25) is 9.36 Å². The number of thioether (sulfide) groups is 1. The summed E-state index contributed by atoms with van der Waals surface area (Å²) in [7, 11) is -3.41. The highest BCUT2D eigenvalue weighted by molar-refractivity contribution is 8.52. The molecule has 0 radical (unpaired) electrons. The minimum absolute atomic E-state index is 0.268. The van der Waals surface area contributed by atoms with Gasteiger partial charge in [0.15, 0.2) is 5.16 Å². The summed E-state index contributed by atoms with van der Waals surface area (Å²) in [5.74, 6) is 0.852. The molecule has 4 nitrogen and oxygen atoms in total. The number of rotatable bonds is 10. The van der Waals surface area contributed by atoms with E-state index < -0.39 is 14.3 Å². The van der Waals surface area contributed by atoms with Crippen LogP contribution in [0.5, 0.6) is 0 Å². The van der Waals surface area contributed by atoms with Gasteiger partial charge in [-0.05, 0) is 30.5 Å². The monoisotopic (exact) mass is 450 g/mol. The first-order chi connectivity index (χ1) is 13.3. The second kappa shape index (κ2) is 8.35. The molecule has 164 valence electrons. The van der Waals surface area contributed by atoms with Gasteiger partial charge in [-0.15, -0.1) is 11.7 Å². The van der Waals surface area contributed by atoms with Crippen LogP contribution < -0.4 is 5.56 Å². The molecule has 2 rings (SSSR count). The van der Waals surface area contributed by atoms with Crippen molar-refractivity contribution in [2.24, 2.45) is 7.05 Å². The Kier molecular flexibility index (Phi) is 6.86. The molecule has 0 atom stereocenters. The van der Waals surface area contributed by atoms with Crippen molar-refractivity contribution in [3.8, 4) is 11.1 Å². The molecule has 29 heavy (non-hydrogen) atoms. The quantitative estimate of drug-likeness (QED) is 0.257. The summed E-state index contributed by atoms with van der Waals surface area (Å²) in [6.07, 6.45) is 6.39. The zero-order valence-electron chi connectivity index (χ0n) is 17.3. The first-order valence-corrected chi connectivity index (χ1v) is 13.3. The molecule has 0 spiro atoms. The fraction of sp³-hybridized carbons (Fsp3) is 0.500. The molecule has 0 unspecified atom stereocenters. The lowest BCUT2D eigenvalue weighted by atomic mass is 10.1. The fourth-order valence-electron chi connectivity index (χ4n) is 2.79. The normalized spacial score (nSPS) is 14.4. The second-order valence-corrected chi connectivity index (χ2v) is 13.6. The van der Waals surface area contributed by atoms with E-state index in [1.165, 1.54) is 34.7 Å². The Bertz CT molecular complexity index is 895. The van der Waals surface area contributed by atoms with Crippen LogP contribution in [-0.4, -0.2) is 41.5 Å². The average molecular weight is 451 g/mol. The maximum Gasteiger partial charge on any atom is 0.261 e. The highest BCUT2D eigenvalue weighted by Crippen LogP contribution is 2.94. The smallest absolute Gasteiger partial charge is 0.261 e. The Balaban J connectivity index is 2.09. The number of hydrogen-bond donors (Lipinski definition) is 0. The van der Waals surface area contributed by atoms with Gasteiger partial charge in [0.1, 0.15) is 0 Å². The number of unbranched alkanes of at least 4 members (excludes halogenated alkanes) is 3. The molecule has 1 aromatic carbocycles. The highest BCUT2D eigenvalue weighted by atomic mass is 32.4. The van der Waals surface area contributed by atoms with Crippen LogP contribution in [0, 0.1) is 0 Å². The minimum Gasteiger partial charge on any atom is -0.385 e. The number of methoxy groups -OCH3 is 1. The number of halogens is 3. The van der Waals surface area contributed by atoms with Crippen LogP contribution in [0.1, 0.15) is 25.7 Å². The standard InChI is InChI=1S/C20H29F3N2O2S2/c1-25-19(26)18(15-24-20(25)28-14-8-6-5-7-13-27-2)16-9-11-17(12-10-16)29(3,4,21,22)23/h9-12,15H,5-8,13-14H2,1-4H3. The van der Waals surface area contributed by atoms with Crippen LogP contribution in [-0.2, 0) is 11.8 Å². The number of ether oxygens (including phenoxy) is 1. The van der Waals surface area contributed by atoms with Crippen LogP contribution in [0.3, 0.4) is 0 Å². The molecule has 0 saturated heterocycles. The van der Waals surface area contributed by atoms with Crippen molar-refractivity contribution in [3.63, 3.8) is 0 Å². The van der Waals surface area contributed by atoms with Crippen molar-refractivity contribution >= 4 is 21.2 Å². The predicted molar refractivity (Wildman–Crippen MR) is 117 cm³/mol. The molecule has 0 amide bonds. The first kappa shape index (κ1) is 23.8. The maximum absolute atomic E-state index is 14.2. The van der Waals surface area contributed by atoms with Gasteiger partial charge in [0.05, 0.1) is 15.0 Å². The van der Waals surface area contributed by atoms with E-state index in [4.69, 9.17) is 4.74 Å². The molecule has 0 aliphatic rings. The van der Waals surface area contributed by atoms with Crippen LogP contribution in [0.25, 0.3) is 11.1 Å². The van der Waals surface area contributed by atoms with Crippen molar-refractivity contribution in [2.45, 2.75) is 35.7 Å². The molecular weight excluding hydrogens is 421 g/mol. The van der Waals surface area contributed by atoms with Gasteiger partial charge >= 0.3 is 0 Å². The van der Waals surface area contributed by atoms with Crippen molar-refractivity contribution in [2.75, 3.05) is 32.0 Å². The molecule has 2 aromatic rings. The molecule has 0 fully saturated rings. The van der Waals surface area contributed by atoms with E-state index in [-0.39, 0.29) is 5.56 Å². The molecule has 0 aliphatic heterocycles. The van der Waals surface area contributed by atoms with Gasteiger partial charge in [-0.25, -0.2) is 4.98 Å². The summed E-state index contributed by atoms with van der Waals surface area (Å²) < 4.78 is 49.0. The highest BCUT2D eigenvalue weighted by Gasteiger charge is 2.53. The van der Waals surface area contributed by atoms with Crippen LogP contribution in [0.4, 0.5) is 11.7 Å². The molecule has 0 saturated carbocycles. The largest absolute Gasteiger partial charge is 0.385 e. The zero-order valence-corrected chi connectivity index (χ0v) is 18.9. The van der Waals surface area contributed by atoms with E-state index >= 15 is 0 Å². The van der Waals surface area contributed by atoms with Gasteiger partial charge in [0.25, 0.3) is 5.56 Å². The van der Waals surface area contributed by atoms with E-state index in [9.17, 15) is 16.5 Å². The Hall–Kier alpha value is -1.45. The van der Waals surface area contributed by atoms with Gasteiger partial charge in [-0.2, -0.15) is 0 Å². The summed E-state index contributed by atoms with van der Waals surface area (Å²) in [6, 6.07) is 4.77. The summed E-state index contributed by atoms with van der Waals surface area (Å²) in [6.45, 7) is 0.771. The fourth-order valence-corrected chi connectivity index (χ4v) is 4.71. The Morgan fingerprint density at radius 1 is 1.07 bits per heavy atom. The topological polar surface area (TPSA) is 44.1 Å². The molecule has 0 aliphatic carbocycles. The third-order valence-corrected chi connectivity index (χ3v) is 7.38. The third kappa shape index (κ3) is 6.79. The Labute approximate surface area is 174 Å². The molecule has 0 bridgehead atoms.